The van der Waals surface area contributed by atoms with E-state index in [9.17, 15) is 4.39 Å². The second-order valence-electron chi connectivity index (χ2n) is 5.62. The van der Waals surface area contributed by atoms with E-state index in [1.54, 1.807) is 10.7 Å². The fraction of sp³-hybridized carbons (Fsp3) is 0.429. The molecule has 1 N–H and O–H groups in total. The van der Waals surface area contributed by atoms with Gasteiger partial charge in [-0.2, -0.15) is 5.10 Å². The zero-order valence-corrected chi connectivity index (χ0v) is 11.7. The number of aromatic nitrogens is 3. The molecule has 0 atom stereocenters. The van der Waals surface area contributed by atoms with Crippen LogP contribution in [-0.2, 0) is 6.54 Å². The Morgan fingerprint density at radius 3 is 2.68 bits per heavy atom. The number of hydrogen-bond donors (Lipinski definition) is 1. The summed E-state index contributed by atoms with van der Waals surface area (Å²) in [6.07, 6.45) is 1.52. The number of benzene rings is 1. The largest absolute Gasteiger partial charge is 0.305 e. The van der Waals surface area contributed by atoms with Gasteiger partial charge in [0.05, 0.1) is 12.2 Å². The predicted molar refractivity (Wildman–Crippen MR) is 72.6 cm³/mol. The molecule has 2 aromatic rings. The summed E-state index contributed by atoms with van der Waals surface area (Å²) in [5, 5.41) is 7.59. The average Bonchev–Trinajstić information content (AvgIpc) is 2.73. The third-order valence-corrected chi connectivity index (χ3v) is 2.78. The smallest absolute Gasteiger partial charge is 0.146 e. The van der Waals surface area contributed by atoms with Gasteiger partial charge in [-0.1, -0.05) is 0 Å². The molecule has 0 saturated carbocycles. The molecule has 102 valence electrons. The van der Waals surface area contributed by atoms with Gasteiger partial charge in [0.1, 0.15) is 18.0 Å². The summed E-state index contributed by atoms with van der Waals surface area (Å²) >= 11 is 0. The maximum absolute atomic E-state index is 13.1. The van der Waals surface area contributed by atoms with Gasteiger partial charge in [0.25, 0.3) is 0 Å². The summed E-state index contributed by atoms with van der Waals surface area (Å²) in [4.78, 5) is 4.25. The van der Waals surface area contributed by atoms with Crippen LogP contribution in [0.25, 0.3) is 5.69 Å². The second kappa shape index (κ2) is 5.09. The maximum atomic E-state index is 13.1. The van der Waals surface area contributed by atoms with Gasteiger partial charge in [0.15, 0.2) is 0 Å². The number of aryl methyl sites for hydroxylation is 1. The standard InChI is InChI=1S/C14H19FN4/c1-10-7-11(15)5-6-12(10)19-13(16-9-18-19)8-17-14(2,3)4/h5-7,9,17H,8H2,1-4H3. The van der Waals surface area contributed by atoms with Crippen LogP contribution in [0.2, 0.25) is 0 Å². The minimum absolute atomic E-state index is 0.00855. The first-order chi connectivity index (χ1) is 8.87. The second-order valence-corrected chi connectivity index (χ2v) is 5.62. The molecular formula is C14H19FN4. The van der Waals surface area contributed by atoms with Crippen LogP contribution in [0.1, 0.15) is 32.2 Å². The van der Waals surface area contributed by atoms with Gasteiger partial charge in [-0.05, 0) is 51.5 Å². The third-order valence-electron chi connectivity index (χ3n) is 2.78. The Balaban J connectivity index is 2.28. The monoisotopic (exact) mass is 262 g/mol. The van der Waals surface area contributed by atoms with Crippen LogP contribution in [0.15, 0.2) is 24.5 Å². The van der Waals surface area contributed by atoms with Crippen molar-refractivity contribution >= 4 is 0 Å². The van der Waals surface area contributed by atoms with Crippen LogP contribution in [0, 0.1) is 12.7 Å². The summed E-state index contributed by atoms with van der Waals surface area (Å²) in [5.41, 5.74) is 1.70. The van der Waals surface area contributed by atoms with Crippen LogP contribution in [0.5, 0.6) is 0 Å². The first-order valence-electron chi connectivity index (χ1n) is 6.27. The Kier molecular flexibility index (Phi) is 3.66. The molecule has 0 unspecified atom stereocenters. The summed E-state index contributed by atoms with van der Waals surface area (Å²) in [5.74, 6) is 0.570. The molecule has 1 aromatic heterocycles. The van der Waals surface area contributed by atoms with E-state index in [0.717, 1.165) is 17.1 Å². The van der Waals surface area contributed by atoms with E-state index in [1.165, 1.54) is 18.5 Å². The predicted octanol–water partition coefficient (Wildman–Crippen LogP) is 2.60. The summed E-state index contributed by atoms with van der Waals surface area (Å²) in [6, 6.07) is 4.66. The Hall–Kier alpha value is -1.75. The molecule has 0 aliphatic rings. The Labute approximate surface area is 112 Å². The summed E-state index contributed by atoms with van der Waals surface area (Å²) in [7, 11) is 0. The van der Waals surface area contributed by atoms with Gasteiger partial charge in [-0.15, -0.1) is 0 Å². The Morgan fingerprint density at radius 2 is 2.05 bits per heavy atom. The molecule has 19 heavy (non-hydrogen) atoms. The molecule has 0 radical (unpaired) electrons. The fourth-order valence-corrected chi connectivity index (χ4v) is 1.79. The molecule has 0 saturated heterocycles. The highest BCUT2D eigenvalue weighted by Gasteiger charge is 2.13. The molecule has 2 rings (SSSR count). The summed E-state index contributed by atoms with van der Waals surface area (Å²) in [6.45, 7) is 8.76. The molecule has 0 aliphatic heterocycles. The summed E-state index contributed by atoms with van der Waals surface area (Å²) < 4.78 is 14.9. The van der Waals surface area contributed by atoms with Crippen molar-refractivity contribution < 1.29 is 4.39 Å². The number of rotatable bonds is 3. The third kappa shape index (κ3) is 3.38. The molecule has 5 heteroatoms. The van der Waals surface area contributed by atoms with Crippen molar-refractivity contribution in [3.05, 3.63) is 41.7 Å². The number of hydrogen-bond acceptors (Lipinski definition) is 3. The number of nitrogens with one attached hydrogen (secondary N) is 1. The molecule has 0 amide bonds. The van der Waals surface area contributed by atoms with E-state index in [4.69, 9.17) is 0 Å². The molecule has 1 aromatic carbocycles. The quantitative estimate of drug-likeness (QED) is 0.924. The Bertz CT molecular complexity index is 569. The lowest BCUT2D eigenvalue weighted by molar-refractivity contribution is 0.415. The average molecular weight is 262 g/mol. The van der Waals surface area contributed by atoms with Gasteiger partial charge in [0.2, 0.25) is 0 Å². The molecular weight excluding hydrogens is 243 g/mol. The van der Waals surface area contributed by atoms with Gasteiger partial charge in [0, 0.05) is 5.54 Å². The van der Waals surface area contributed by atoms with Crippen LogP contribution in [0.4, 0.5) is 4.39 Å². The van der Waals surface area contributed by atoms with Crippen molar-refractivity contribution in [1.82, 2.24) is 20.1 Å². The lowest BCUT2D eigenvalue weighted by atomic mass is 10.1. The van der Waals surface area contributed by atoms with Crippen LogP contribution in [-0.4, -0.2) is 20.3 Å². The van der Waals surface area contributed by atoms with E-state index in [1.807, 2.05) is 6.92 Å². The number of halogens is 1. The van der Waals surface area contributed by atoms with Crippen LogP contribution >= 0.6 is 0 Å². The van der Waals surface area contributed by atoms with E-state index in [0.29, 0.717) is 6.54 Å². The molecule has 1 heterocycles. The lowest BCUT2D eigenvalue weighted by Crippen LogP contribution is -2.36. The molecule has 0 bridgehead atoms. The van der Waals surface area contributed by atoms with Gasteiger partial charge in [-0.25, -0.2) is 14.1 Å². The van der Waals surface area contributed by atoms with E-state index < -0.39 is 0 Å². The molecule has 0 aliphatic carbocycles. The Morgan fingerprint density at radius 1 is 1.32 bits per heavy atom. The molecule has 0 spiro atoms. The molecule has 0 fully saturated rings. The first-order valence-corrected chi connectivity index (χ1v) is 6.27. The van der Waals surface area contributed by atoms with Crippen molar-refractivity contribution in [2.45, 2.75) is 39.8 Å². The first kappa shape index (κ1) is 13.7. The minimum Gasteiger partial charge on any atom is -0.305 e. The van der Waals surface area contributed by atoms with Crippen molar-refractivity contribution in [3.8, 4) is 5.69 Å². The van der Waals surface area contributed by atoms with Gasteiger partial charge < -0.3 is 5.32 Å². The SMILES string of the molecule is Cc1cc(F)ccc1-n1ncnc1CNC(C)(C)C. The van der Waals surface area contributed by atoms with Crippen LogP contribution < -0.4 is 5.32 Å². The van der Waals surface area contributed by atoms with Crippen molar-refractivity contribution in [2.24, 2.45) is 0 Å². The van der Waals surface area contributed by atoms with Crippen molar-refractivity contribution in [1.29, 1.82) is 0 Å². The van der Waals surface area contributed by atoms with Crippen LogP contribution in [0.3, 0.4) is 0 Å². The zero-order valence-electron chi connectivity index (χ0n) is 11.7. The number of nitrogens with zero attached hydrogens (tertiary/aromatic N) is 3. The van der Waals surface area contributed by atoms with Gasteiger partial charge >= 0.3 is 0 Å². The topological polar surface area (TPSA) is 42.7 Å². The van der Waals surface area contributed by atoms with Gasteiger partial charge in [-0.3, -0.25) is 0 Å². The normalized spacial score (nSPS) is 11.8. The van der Waals surface area contributed by atoms with Crippen molar-refractivity contribution in [3.63, 3.8) is 0 Å². The highest BCUT2D eigenvalue weighted by Crippen LogP contribution is 2.16. The molecule has 4 nitrogen and oxygen atoms in total. The minimum atomic E-state index is -0.240. The van der Waals surface area contributed by atoms with E-state index in [-0.39, 0.29) is 11.4 Å². The van der Waals surface area contributed by atoms with Crippen molar-refractivity contribution in [2.75, 3.05) is 0 Å². The van der Waals surface area contributed by atoms with E-state index in [2.05, 4.69) is 36.2 Å². The zero-order chi connectivity index (χ0) is 14.0. The highest BCUT2D eigenvalue weighted by atomic mass is 19.1. The highest BCUT2D eigenvalue weighted by molar-refractivity contribution is 5.40. The van der Waals surface area contributed by atoms with E-state index >= 15 is 0 Å². The fourth-order valence-electron chi connectivity index (χ4n) is 1.79. The maximum Gasteiger partial charge on any atom is 0.146 e. The lowest BCUT2D eigenvalue weighted by Gasteiger charge is -2.20.